The van der Waals surface area contributed by atoms with E-state index < -0.39 is 0 Å². The highest BCUT2D eigenvalue weighted by Crippen LogP contribution is 2.29. The molecule has 2 rings (SSSR count). The first-order valence-electron chi connectivity index (χ1n) is 5.33. The smallest absolute Gasteiger partial charge is 0.130 e. The van der Waals surface area contributed by atoms with Gasteiger partial charge in [-0.05, 0) is 31.7 Å². The summed E-state index contributed by atoms with van der Waals surface area (Å²) in [7, 11) is 0. The summed E-state index contributed by atoms with van der Waals surface area (Å²) >= 11 is 0. The molecule has 1 heteroatoms. The maximum atomic E-state index is 5.86. The summed E-state index contributed by atoms with van der Waals surface area (Å²) < 4.78 is 5.86. The van der Waals surface area contributed by atoms with Gasteiger partial charge in [0.15, 0.2) is 0 Å². The van der Waals surface area contributed by atoms with Gasteiger partial charge in [-0.15, -0.1) is 0 Å². The molecule has 1 nitrogen and oxygen atoms in total. The topological polar surface area (TPSA) is 9.23 Å². The van der Waals surface area contributed by atoms with Crippen molar-refractivity contribution < 1.29 is 4.74 Å². The maximum absolute atomic E-state index is 5.86. The van der Waals surface area contributed by atoms with Gasteiger partial charge in [0.05, 0.1) is 6.10 Å². The van der Waals surface area contributed by atoms with Crippen LogP contribution in [0.3, 0.4) is 0 Å². The largest absolute Gasteiger partial charge is 0.490 e. The summed E-state index contributed by atoms with van der Waals surface area (Å²) in [6.07, 6.45) is 0.217. The van der Waals surface area contributed by atoms with E-state index in [0.717, 1.165) is 5.75 Å². The molecule has 0 aliphatic heterocycles. The summed E-state index contributed by atoms with van der Waals surface area (Å²) in [5.74, 6) is 1.02. The van der Waals surface area contributed by atoms with E-state index in [4.69, 9.17) is 4.74 Å². The molecule has 0 amide bonds. The molecule has 0 atom stereocenters. The minimum atomic E-state index is 0.217. The number of fused-ring (bicyclic) bond motifs is 1. The van der Waals surface area contributed by atoms with Crippen molar-refractivity contribution in [2.45, 2.75) is 26.9 Å². The van der Waals surface area contributed by atoms with Gasteiger partial charge in [-0.1, -0.05) is 36.4 Å². The van der Waals surface area contributed by atoms with Crippen LogP contribution in [0.2, 0.25) is 0 Å². The third-order valence-electron chi connectivity index (χ3n) is 2.43. The third kappa shape index (κ3) is 1.96. The average Bonchev–Trinajstić information content (AvgIpc) is 2.22. The van der Waals surface area contributed by atoms with Gasteiger partial charge < -0.3 is 4.74 Å². The summed E-state index contributed by atoms with van der Waals surface area (Å²) in [6, 6.07) is 12.6. The summed E-state index contributed by atoms with van der Waals surface area (Å²) in [6.45, 7) is 6.20. The Morgan fingerprint density at radius 3 is 2.47 bits per heavy atom. The van der Waals surface area contributed by atoms with Gasteiger partial charge >= 0.3 is 0 Å². The van der Waals surface area contributed by atoms with Crippen molar-refractivity contribution in [3.8, 4) is 5.75 Å². The molecule has 0 bridgehead atoms. The Hall–Kier alpha value is -1.50. The van der Waals surface area contributed by atoms with Crippen LogP contribution in [0.5, 0.6) is 5.75 Å². The lowest BCUT2D eigenvalue weighted by Crippen LogP contribution is -2.07. The number of rotatable bonds is 2. The van der Waals surface area contributed by atoms with E-state index in [1.165, 1.54) is 16.3 Å². The normalized spacial score (nSPS) is 10.9. The molecular formula is C14H16O. The number of benzene rings is 2. The van der Waals surface area contributed by atoms with E-state index in [0.29, 0.717) is 0 Å². The summed E-state index contributed by atoms with van der Waals surface area (Å²) in [5, 5.41) is 2.44. The zero-order valence-electron chi connectivity index (χ0n) is 9.45. The lowest BCUT2D eigenvalue weighted by Gasteiger charge is -2.14. The van der Waals surface area contributed by atoms with Crippen LogP contribution in [-0.4, -0.2) is 6.10 Å². The fourth-order valence-electron chi connectivity index (χ4n) is 1.74. The van der Waals surface area contributed by atoms with E-state index in [9.17, 15) is 0 Å². The van der Waals surface area contributed by atoms with E-state index in [-0.39, 0.29) is 6.10 Å². The maximum Gasteiger partial charge on any atom is 0.130 e. The van der Waals surface area contributed by atoms with Crippen molar-refractivity contribution in [3.05, 3.63) is 42.0 Å². The van der Waals surface area contributed by atoms with Crippen molar-refractivity contribution in [3.63, 3.8) is 0 Å². The first kappa shape index (κ1) is 10.0. The van der Waals surface area contributed by atoms with E-state index in [1.54, 1.807) is 0 Å². The second-order valence-corrected chi connectivity index (χ2v) is 4.10. The van der Waals surface area contributed by atoms with Crippen LogP contribution >= 0.6 is 0 Å². The van der Waals surface area contributed by atoms with Crippen LogP contribution in [0.1, 0.15) is 19.4 Å². The molecule has 2 aromatic carbocycles. The first-order valence-corrected chi connectivity index (χ1v) is 5.33. The Bertz CT molecular complexity index is 472. The predicted octanol–water partition coefficient (Wildman–Crippen LogP) is 3.94. The van der Waals surface area contributed by atoms with Crippen molar-refractivity contribution in [2.24, 2.45) is 0 Å². The molecule has 0 saturated carbocycles. The van der Waals surface area contributed by atoms with Gasteiger partial charge in [-0.3, -0.25) is 0 Å². The number of hydrogen-bond acceptors (Lipinski definition) is 1. The molecule has 0 heterocycles. The van der Waals surface area contributed by atoms with Gasteiger partial charge in [0.2, 0.25) is 0 Å². The second kappa shape index (κ2) is 3.93. The molecule has 15 heavy (non-hydrogen) atoms. The Labute approximate surface area is 90.7 Å². The lowest BCUT2D eigenvalue weighted by atomic mass is 10.1. The Morgan fingerprint density at radius 2 is 1.73 bits per heavy atom. The van der Waals surface area contributed by atoms with Crippen LogP contribution in [0.15, 0.2) is 36.4 Å². The Morgan fingerprint density at radius 1 is 1.00 bits per heavy atom. The standard InChI is InChI=1S/C14H16O/c1-10(2)15-14-11(3)8-9-12-6-4-5-7-13(12)14/h4-10H,1-3H3. The molecule has 0 unspecified atom stereocenters. The van der Waals surface area contributed by atoms with Crippen LogP contribution in [0.25, 0.3) is 10.8 Å². The molecule has 0 spiro atoms. The molecule has 0 aromatic heterocycles. The first-order chi connectivity index (χ1) is 7.18. The molecule has 0 radical (unpaired) electrons. The molecular weight excluding hydrogens is 184 g/mol. The van der Waals surface area contributed by atoms with Gasteiger partial charge in [-0.2, -0.15) is 0 Å². The minimum absolute atomic E-state index is 0.217. The predicted molar refractivity (Wildman–Crippen MR) is 64.4 cm³/mol. The fraction of sp³-hybridized carbons (Fsp3) is 0.286. The molecule has 2 aromatic rings. The number of hydrogen-bond donors (Lipinski definition) is 0. The molecule has 0 aliphatic carbocycles. The summed E-state index contributed by atoms with van der Waals surface area (Å²) in [5.41, 5.74) is 1.20. The molecule has 0 aliphatic rings. The van der Waals surface area contributed by atoms with Crippen molar-refractivity contribution in [2.75, 3.05) is 0 Å². The van der Waals surface area contributed by atoms with Gasteiger partial charge in [0.25, 0.3) is 0 Å². The van der Waals surface area contributed by atoms with Crippen LogP contribution in [-0.2, 0) is 0 Å². The fourth-order valence-corrected chi connectivity index (χ4v) is 1.74. The van der Waals surface area contributed by atoms with Crippen LogP contribution in [0.4, 0.5) is 0 Å². The Balaban J connectivity index is 2.63. The van der Waals surface area contributed by atoms with Gasteiger partial charge in [0, 0.05) is 5.39 Å². The van der Waals surface area contributed by atoms with E-state index >= 15 is 0 Å². The second-order valence-electron chi connectivity index (χ2n) is 4.10. The Kier molecular flexibility index (Phi) is 2.63. The highest BCUT2D eigenvalue weighted by atomic mass is 16.5. The quantitative estimate of drug-likeness (QED) is 0.713. The van der Waals surface area contributed by atoms with E-state index in [1.807, 2.05) is 0 Å². The number of aryl methyl sites for hydroxylation is 1. The van der Waals surface area contributed by atoms with Crippen LogP contribution in [0, 0.1) is 6.92 Å². The van der Waals surface area contributed by atoms with Crippen molar-refractivity contribution in [1.82, 2.24) is 0 Å². The zero-order valence-corrected chi connectivity index (χ0v) is 9.45. The summed E-state index contributed by atoms with van der Waals surface area (Å²) in [4.78, 5) is 0. The van der Waals surface area contributed by atoms with Crippen LogP contribution < -0.4 is 4.74 Å². The number of ether oxygens (including phenoxy) is 1. The minimum Gasteiger partial charge on any atom is -0.490 e. The van der Waals surface area contributed by atoms with Crippen molar-refractivity contribution in [1.29, 1.82) is 0 Å². The zero-order chi connectivity index (χ0) is 10.8. The molecule has 78 valence electrons. The highest BCUT2D eigenvalue weighted by Gasteiger charge is 2.06. The third-order valence-corrected chi connectivity index (χ3v) is 2.43. The molecule has 0 fully saturated rings. The van der Waals surface area contributed by atoms with Gasteiger partial charge in [0.1, 0.15) is 5.75 Å². The lowest BCUT2D eigenvalue weighted by molar-refractivity contribution is 0.244. The average molecular weight is 200 g/mol. The molecule has 0 saturated heterocycles. The van der Waals surface area contributed by atoms with E-state index in [2.05, 4.69) is 57.2 Å². The monoisotopic (exact) mass is 200 g/mol. The van der Waals surface area contributed by atoms with Gasteiger partial charge in [-0.25, -0.2) is 0 Å². The van der Waals surface area contributed by atoms with Crippen molar-refractivity contribution >= 4 is 10.8 Å². The molecule has 0 N–H and O–H groups in total. The highest BCUT2D eigenvalue weighted by molar-refractivity contribution is 5.89. The SMILES string of the molecule is Cc1ccc2ccccc2c1OC(C)C.